The van der Waals surface area contributed by atoms with E-state index in [0.717, 1.165) is 16.9 Å². The molecule has 0 radical (unpaired) electrons. The van der Waals surface area contributed by atoms with Crippen molar-refractivity contribution in [3.63, 3.8) is 0 Å². The van der Waals surface area contributed by atoms with Crippen LogP contribution in [0.4, 0.5) is 0 Å². The Kier molecular flexibility index (Phi) is 4.33. The van der Waals surface area contributed by atoms with Gasteiger partial charge < -0.3 is 15.8 Å². The number of nitrogens with zero attached hydrogens (tertiary/aromatic N) is 1. The van der Waals surface area contributed by atoms with Gasteiger partial charge in [-0.3, -0.25) is 5.73 Å². The second-order valence-corrected chi connectivity index (χ2v) is 5.35. The molecule has 1 aliphatic heterocycles. The predicted octanol–water partition coefficient (Wildman–Crippen LogP) is 1.88. The van der Waals surface area contributed by atoms with Gasteiger partial charge in [-0.2, -0.15) is 0 Å². The number of allylic oxidation sites excluding steroid dienone is 1. The van der Waals surface area contributed by atoms with E-state index in [1.54, 1.807) is 12.3 Å². The highest BCUT2D eigenvalue weighted by Crippen LogP contribution is 2.26. The minimum Gasteiger partial charge on any atom is -0.489 e. The number of amidine groups is 1. The quantitative estimate of drug-likeness (QED) is 0.738. The molecule has 0 aromatic heterocycles. The van der Waals surface area contributed by atoms with Crippen LogP contribution in [0, 0.1) is 6.92 Å². The summed E-state index contributed by atoms with van der Waals surface area (Å²) < 4.78 is 5.79. The second kappa shape index (κ2) is 6.01. The van der Waals surface area contributed by atoms with E-state index in [9.17, 15) is 0 Å². The van der Waals surface area contributed by atoms with Crippen LogP contribution in [-0.2, 0) is 5.79 Å². The summed E-state index contributed by atoms with van der Waals surface area (Å²) in [6.45, 7) is 6.61. The third-order valence-corrected chi connectivity index (χ3v) is 3.22. The molecule has 0 bridgehead atoms. The molecule has 2 rings (SSSR count). The minimum absolute atomic E-state index is 0.392. The standard InChI is InChI=1S/C16H22N4O/c1-11(2)7-9-21-14-10-13(5-4-12(14)3)16(18)19-8-6-15(17)20-16/h4-8,10,19H,9,18H2,1-3H3,(H2,17,20). The Morgan fingerprint density at radius 3 is 2.86 bits per heavy atom. The van der Waals surface area contributed by atoms with E-state index in [1.165, 1.54) is 5.57 Å². The highest BCUT2D eigenvalue weighted by Gasteiger charge is 2.27. The van der Waals surface area contributed by atoms with Crippen molar-refractivity contribution < 1.29 is 4.74 Å². The van der Waals surface area contributed by atoms with Crippen LogP contribution in [0.15, 0.2) is 47.1 Å². The number of aliphatic imine (C=N–C) groups is 1. The van der Waals surface area contributed by atoms with Crippen LogP contribution < -0.4 is 21.5 Å². The van der Waals surface area contributed by atoms with Crippen LogP contribution in [0.1, 0.15) is 25.0 Å². The molecule has 0 amide bonds. The molecule has 5 N–H and O–H groups in total. The van der Waals surface area contributed by atoms with Crippen LogP contribution in [0.3, 0.4) is 0 Å². The molecule has 112 valence electrons. The van der Waals surface area contributed by atoms with Crippen molar-refractivity contribution in [2.75, 3.05) is 6.61 Å². The molecule has 1 heterocycles. The van der Waals surface area contributed by atoms with Gasteiger partial charge in [-0.15, -0.1) is 0 Å². The van der Waals surface area contributed by atoms with E-state index >= 15 is 0 Å². The van der Waals surface area contributed by atoms with Crippen LogP contribution in [0.5, 0.6) is 5.75 Å². The van der Waals surface area contributed by atoms with Gasteiger partial charge >= 0.3 is 0 Å². The topological polar surface area (TPSA) is 85.7 Å². The number of rotatable bonds is 4. The molecule has 1 atom stereocenters. The molecule has 0 fully saturated rings. The summed E-state index contributed by atoms with van der Waals surface area (Å²) in [5, 5.41) is 3.03. The SMILES string of the molecule is CC(C)=CCOc1cc(C2(N)N=C(N)C=CN2)ccc1C. The number of benzene rings is 1. The Balaban J connectivity index is 2.26. The zero-order valence-electron chi connectivity index (χ0n) is 12.7. The molecule has 1 unspecified atom stereocenters. The summed E-state index contributed by atoms with van der Waals surface area (Å²) >= 11 is 0. The van der Waals surface area contributed by atoms with Crippen LogP contribution in [0.2, 0.25) is 0 Å². The predicted molar refractivity (Wildman–Crippen MR) is 85.9 cm³/mol. The molecule has 0 spiro atoms. The van der Waals surface area contributed by atoms with Crippen molar-refractivity contribution in [3.05, 3.63) is 53.3 Å². The Hall–Kier alpha value is -2.27. The first-order chi connectivity index (χ1) is 9.90. The lowest BCUT2D eigenvalue weighted by Gasteiger charge is -2.29. The fourth-order valence-corrected chi connectivity index (χ4v) is 1.97. The highest BCUT2D eigenvalue weighted by molar-refractivity contribution is 5.92. The van der Waals surface area contributed by atoms with Crippen molar-refractivity contribution in [1.29, 1.82) is 0 Å². The lowest BCUT2D eigenvalue weighted by molar-refractivity contribution is 0.354. The summed E-state index contributed by atoms with van der Waals surface area (Å²) in [5.74, 6) is 0.130. The molecule has 1 aromatic rings. The molecule has 5 heteroatoms. The van der Waals surface area contributed by atoms with Crippen molar-refractivity contribution in [1.82, 2.24) is 5.32 Å². The van der Waals surface area contributed by atoms with Gasteiger partial charge in [-0.05, 0) is 44.6 Å². The molecule has 0 saturated carbocycles. The molecular weight excluding hydrogens is 264 g/mol. The lowest BCUT2D eigenvalue weighted by atomic mass is 10.0. The minimum atomic E-state index is -1.05. The molecule has 0 aliphatic carbocycles. The average molecular weight is 286 g/mol. The van der Waals surface area contributed by atoms with Crippen molar-refractivity contribution in [2.45, 2.75) is 26.6 Å². The largest absolute Gasteiger partial charge is 0.489 e. The average Bonchev–Trinajstić information content (AvgIpc) is 2.40. The van der Waals surface area contributed by atoms with Crippen molar-refractivity contribution >= 4 is 5.84 Å². The van der Waals surface area contributed by atoms with Gasteiger partial charge in [0.15, 0.2) is 0 Å². The van der Waals surface area contributed by atoms with Gasteiger partial charge in [0.25, 0.3) is 0 Å². The van der Waals surface area contributed by atoms with E-state index in [2.05, 4.69) is 10.3 Å². The van der Waals surface area contributed by atoms with Gasteiger partial charge in [-0.1, -0.05) is 17.7 Å². The summed E-state index contributed by atoms with van der Waals surface area (Å²) in [5.41, 5.74) is 15.1. The maximum atomic E-state index is 6.27. The fourth-order valence-electron chi connectivity index (χ4n) is 1.97. The van der Waals surface area contributed by atoms with E-state index < -0.39 is 5.79 Å². The lowest BCUT2D eigenvalue weighted by Crippen LogP contribution is -2.49. The van der Waals surface area contributed by atoms with Gasteiger partial charge in [-0.25, -0.2) is 4.99 Å². The third-order valence-electron chi connectivity index (χ3n) is 3.22. The highest BCUT2D eigenvalue weighted by atomic mass is 16.5. The Morgan fingerprint density at radius 1 is 1.43 bits per heavy atom. The second-order valence-electron chi connectivity index (χ2n) is 5.35. The van der Waals surface area contributed by atoms with Gasteiger partial charge in [0.05, 0.1) is 0 Å². The van der Waals surface area contributed by atoms with Crippen LogP contribution in [0.25, 0.3) is 0 Å². The van der Waals surface area contributed by atoms with Crippen molar-refractivity contribution in [3.8, 4) is 5.75 Å². The summed E-state index contributed by atoms with van der Waals surface area (Å²) in [6.07, 6.45) is 5.40. The van der Waals surface area contributed by atoms with Gasteiger partial charge in [0.2, 0.25) is 5.79 Å². The first kappa shape index (κ1) is 15.1. The molecule has 5 nitrogen and oxygen atoms in total. The fraction of sp³-hybridized carbons (Fsp3) is 0.312. The van der Waals surface area contributed by atoms with E-state index in [4.69, 9.17) is 16.2 Å². The zero-order valence-corrected chi connectivity index (χ0v) is 12.7. The number of hydrogen-bond donors (Lipinski definition) is 3. The van der Waals surface area contributed by atoms with Gasteiger partial charge in [0, 0.05) is 11.8 Å². The Labute approximate surface area is 125 Å². The molecule has 1 aromatic carbocycles. The summed E-state index contributed by atoms with van der Waals surface area (Å²) in [6, 6.07) is 5.79. The monoisotopic (exact) mass is 286 g/mol. The smallest absolute Gasteiger partial charge is 0.211 e. The number of hydrogen-bond acceptors (Lipinski definition) is 5. The maximum Gasteiger partial charge on any atom is 0.211 e. The van der Waals surface area contributed by atoms with Gasteiger partial charge in [0.1, 0.15) is 18.2 Å². The number of aryl methyl sites for hydroxylation is 1. The first-order valence-corrected chi connectivity index (χ1v) is 6.86. The Bertz CT molecular complexity index is 615. The molecule has 0 saturated heterocycles. The Morgan fingerprint density at radius 2 is 2.19 bits per heavy atom. The maximum absolute atomic E-state index is 6.27. The zero-order chi connectivity index (χ0) is 15.5. The molecule has 1 aliphatic rings. The van der Waals surface area contributed by atoms with E-state index in [-0.39, 0.29) is 0 Å². The molecule has 21 heavy (non-hydrogen) atoms. The van der Waals surface area contributed by atoms with Crippen LogP contribution in [-0.4, -0.2) is 12.4 Å². The van der Waals surface area contributed by atoms with E-state index in [0.29, 0.717) is 12.4 Å². The third kappa shape index (κ3) is 3.64. The summed E-state index contributed by atoms with van der Waals surface area (Å²) in [4.78, 5) is 4.27. The van der Waals surface area contributed by atoms with E-state index in [1.807, 2.05) is 45.0 Å². The number of nitrogens with two attached hydrogens (primary N) is 2. The molecular formula is C16H22N4O. The summed E-state index contributed by atoms with van der Waals surface area (Å²) in [7, 11) is 0. The van der Waals surface area contributed by atoms with Crippen molar-refractivity contribution in [2.24, 2.45) is 16.5 Å². The number of ether oxygens (including phenoxy) is 1. The first-order valence-electron chi connectivity index (χ1n) is 6.86. The number of nitrogens with one attached hydrogen (secondary N) is 1. The van der Waals surface area contributed by atoms with Crippen LogP contribution >= 0.6 is 0 Å². The normalized spacial score (nSPS) is 20.5.